The standard InChI is InChI=1S/C16H23N3O.ClH/c17-11-12-1-3-13(4-2-12)16(20)18-14-7-9-19(10-8-14)15-5-6-15;/h1-4,14-15H,5-11,17H2,(H,18,20);1H. The molecule has 2 fully saturated rings. The van der Waals surface area contributed by atoms with Crippen LogP contribution in [0.4, 0.5) is 0 Å². The van der Waals surface area contributed by atoms with Crippen LogP contribution in [-0.2, 0) is 6.54 Å². The first kappa shape index (κ1) is 16.3. The molecule has 1 aliphatic heterocycles. The molecule has 4 nitrogen and oxygen atoms in total. The van der Waals surface area contributed by atoms with Crippen LogP contribution in [0.1, 0.15) is 41.6 Å². The third-order valence-electron chi connectivity index (χ3n) is 4.38. The van der Waals surface area contributed by atoms with Crippen LogP contribution in [0.5, 0.6) is 0 Å². The van der Waals surface area contributed by atoms with Crippen molar-refractivity contribution in [2.24, 2.45) is 5.73 Å². The fourth-order valence-electron chi connectivity index (χ4n) is 2.91. The first-order valence-corrected chi connectivity index (χ1v) is 7.60. The summed E-state index contributed by atoms with van der Waals surface area (Å²) in [5.74, 6) is 0.0402. The lowest BCUT2D eigenvalue weighted by Gasteiger charge is -2.32. The van der Waals surface area contributed by atoms with E-state index < -0.39 is 0 Å². The van der Waals surface area contributed by atoms with Gasteiger partial charge in [0.05, 0.1) is 0 Å². The summed E-state index contributed by atoms with van der Waals surface area (Å²) in [6.45, 7) is 2.77. The maximum Gasteiger partial charge on any atom is 0.251 e. The Bertz CT molecular complexity index is 465. The molecule has 1 saturated heterocycles. The summed E-state index contributed by atoms with van der Waals surface area (Å²) >= 11 is 0. The molecule has 1 aromatic carbocycles. The second kappa shape index (κ2) is 7.25. The minimum Gasteiger partial charge on any atom is -0.349 e. The van der Waals surface area contributed by atoms with E-state index in [1.807, 2.05) is 24.3 Å². The van der Waals surface area contributed by atoms with Gasteiger partial charge in [-0.1, -0.05) is 12.1 Å². The first-order chi connectivity index (χ1) is 9.76. The summed E-state index contributed by atoms with van der Waals surface area (Å²) in [6.07, 6.45) is 4.88. The Morgan fingerprint density at radius 1 is 1.14 bits per heavy atom. The van der Waals surface area contributed by atoms with Crippen LogP contribution in [0.25, 0.3) is 0 Å². The fraction of sp³-hybridized carbons (Fsp3) is 0.562. The lowest BCUT2D eigenvalue weighted by atomic mass is 10.0. The van der Waals surface area contributed by atoms with E-state index in [0.717, 1.165) is 43.1 Å². The maximum absolute atomic E-state index is 12.2. The van der Waals surface area contributed by atoms with Crippen LogP contribution in [0, 0.1) is 0 Å². The number of amides is 1. The second-order valence-electron chi connectivity index (χ2n) is 5.92. The normalized spacial score (nSPS) is 19.9. The van der Waals surface area contributed by atoms with E-state index >= 15 is 0 Å². The molecule has 1 amide bonds. The molecule has 1 aliphatic carbocycles. The Hall–Kier alpha value is -1.10. The zero-order chi connectivity index (χ0) is 13.9. The van der Waals surface area contributed by atoms with E-state index in [2.05, 4.69) is 10.2 Å². The van der Waals surface area contributed by atoms with Gasteiger partial charge in [-0.3, -0.25) is 4.79 Å². The molecule has 1 aromatic rings. The molecular weight excluding hydrogens is 286 g/mol. The van der Waals surface area contributed by atoms with E-state index in [0.29, 0.717) is 12.6 Å². The zero-order valence-corrected chi connectivity index (χ0v) is 13.1. The number of carbonyl (C=O) groups excluding carboxylic acids is 1. The first-order valence-electron chi connectivity index (χ1n) is 7.60. The number of nitrogens with one attached hydrogen (secondary N) is 1. The molecule has 0 radical (unpaired) electrons. The third-order valence-corrected chi connectivity index (χ3v) is 4.38. The molecule has 3 rings (SSSR count). The maximum atomic E-state index is 12.2. The van der Waals surface area contributed by atoms with Crippen LogP contribution in [0.15, 0.2) is 24.3 Å². The number of piperidine rings is 1. The van der Waals surface area contributed by atoms with Crippen LogP contribution in [0.2, 0.25) is 0 Å². The van der Waals surface area contributed by atoms with Gasteiger partial charge in [-0.25, -0.2) is 0 Å². The van der Waals surface area contributed by atoms with Gasteiger partial charge in [0.15, 0.2) is 0 Å². The summed E-state index contributed by atoms with van der Waals surface area (Å²) in [5.41, 5.74) is 7.35. The average molecular weight is 310 g/mol. The molecule has 21 heavy (non-hydrogen) atoms. The van der Waals surface area contributed by atoms with Gasteiger partial charge in [-0.15, -0.1) is 12.4 Å². The van der Waals surface area contributed by atoms with Gasteiger partial charge in [0, 0.05) is 37.3 Å². The minimum absolute atomic E-state index is 0. The minimum atomic E-state index is 0. The van der Waals surface area contributed by atoms with Crippen molar-refractivity contribution < 1.29 is 4.79 Å². The highest BCUT2D eigenvalue weighted by Gasteiger charge is 2.32. The number of nitrogens with two attached hydrogens (primary N) is 1. The summed E-state index contributed by atoms with van der Waals surface area (Å²) in [6, 6.07) is 8.73. The van der Waals surface area contributed by atoms with Crippen molar-refractivity contribution >= 4 is 18.3 Å². The van der Waals surface area contributed by atoms with Crippen molar-refractivity contribution in [3.63, 3.8) is 0 Å². The van der Waals surface area contributed by atoms with E-state index in [1.165, 1.54) is 12.8 Å². The van der Waals surface area contributed by atoms with E-state index in [-0.39, 0.29) is 18.3 Å². The molecule has 0 atom stereocenters. The largest absolute Gasteiger partial charge is 0.349 e. The summed E-state index contributed by atoms with van der Waals surface area (Å²) in [5, 5.41) is 3.16. The van der Waals surface area contributed by atoms with Gasteiger partial charge in [-0.05, 0) is 43.4 Å². The lowest BCUT2D eigenvalue weighted by Crippen LogP contribution is -2.45. The average Bonchev–Trinajstić information content (AvgIpc) is 3.33. The second-order valence-corrected chi connectivity index (χ2v) is 5.92. The summed E-state index contributed by atoms with van der Waals surface area (Å²) in [7, 11) is 0. The number of hydrogen-bond donors (Lipinski definition) is 2. The Balaban J connectivity index is 0.00000161. The molecule has 3 N–H and O–H groups in total. The number of rotatable bonds is 4. The van der Waals surface area contributed by atoms with Crippen molar-refractivity contribution in [3.8, 4) is 0 Å². The highest BCUT2D eigenvalue weighted by Crippen LogP contribution is 2.29. The van der Waals surface area contributed by atoms with Crippen molar-refractivity contribution in [3.05, 3.63) is 35.4 Å². The Morgan fingerprint density at radius 2 is 1.76 bits per heavy atom. The van der Waals surface area contributed by atoms with Gasteiger partial charge in [0.2, 0.25) is 0 Å². The Morgan fingerprint density at radius 3 is 2.29 bits per heavy atom. The van der Waals surface area contributed by atoms with E-state index in [1.54, 1.807) is 0 Å². The van der Waals surface area contributed by atoms with Crippen LogP contribution in [0.3, 0.4) is 0 Å². The Kier molecular flexibility index (Phi) is 5.62. The molecule has 116 valence electrons. The molecule has 0 unspecified atom stereocenters. The van der Waals surface area contributed by atoms with Crippen LogP contribution in [-0.4, -0.2) is 36.0 Å². The number of nitrogens with zero attached hydrogens (tertiary/aromatic N) is 1. The SMILES string of the molecule is Cl.NCc1ccc(C(=O)NC2CCN(C3CC3)CC2)cc1. The van der Waals surface area contributed by atoms with Crippen molar-refractivity contribution in [2.75, 3.05) is 13.1 Å². The highest BCUT2D eigenvalue weighted by atomic mass is 35.5. The number of hydrogen-bond acceptors (Lipinski definition) is 3. The predicted octanol–water partition coefficient (Wildman–Crippen LogP) is 1.92. The van der Waals surface area contributed by atoms with E-state index in [9.17, 15) is 4.79 Å². The van der Waals surface area contributed by atoms with E-state index in [4.69, 9.17) is 5.73 Å². The van der Waals surface area contributed by atoms with Crippen molar-refractivity contribution in [1.29, 1.82) is 0 Å². The molecule has 0 bridgehead atoms. The van der Waals surface area contributed by atoms with Gasteiger partial charge >= 0.3 is 0 Å². The topological polar surface area (TPSA) is 58.4 Å². The number of likely N-dealkylation sites (tertiary alicyclic amines) is 1. The zero-order valence-electron chi connectivity index (χ0n) is 12.3. The highest BCUT2D eigenvalue weighted by molar-refractivity contribution is 5.94. The number of halogens is 1. The number of benzene rings is 1. The van der Waals surface area contributed by atoms with Gasteiger partial charge < -0.3 is 16.0 Å². The fourth-order valence-corrected chi connectivity index (χ4v) is 2.91. The van der Waals surface area contributed by atoms with Crippen LogP contribution < -0.4 is 11.1 Å². The smallest absolute Gasteiger partial charge is 0.251 e. The Labute approximate surface area is 132 Å². The molecule has 5 heteroatoms. The quantitative estimate of drug-likeness (QED) is 0.893. The summed E-state index contributed by atoms with van der Waals surface area (Å²) in [4.78, 5) is 14.8. The molecule has 1 saturated carbocycles. The van der Waals surface area contributed by atoms with Crippen molar-refractivity contribution in [1.82, 2.24) is 10.2 Å². The summed E-state index contributed by atoms with van der Waals surface area (Å²) < 4.78 is 0. The van der Waals surface area contributed by atoms with Gasteiger partial charge in [-0.2, -0.15) is 0 Å². The van der Waals surface area contributed by atoms with Gasteiger partial charge in [0.25, 0.3) is 5.91 Å². The molecule has 2 aliphatic rings. The molecule has 0 spiro atoms. The lowest BCUT2D eigenvalue weighted by molar-refractivity contribution is 0.0909. The molecule has 0 aromatic heterocycles. The van der Waals surface area contributed by atoms with Crippen molar-refractivity contribution in [2.45, 2.75) is 44.3 Å². The molecular formula is C16H24ClN3O. The number of carbonyl (C=O) groups is 1. The van der Waals surface area contributed by atoms with Crippen LogP contribution >= 0.6 is 12.4 Å². The third kappa shape index (κ3) is 4.19. The predicted molar refractivity (Wildman–Crippen MR) is 86.7 cm³/mol. The molecule has 1 heterocycles. The van der Waals surface area contributed by atoms with Gasteiger partial charge in [0.1, 0.15) is 0 Å². The monoisotopic (exact) mass is 309 g/mol.